The highest BCUT2D eigenvalue weighted by molar-refractivity contribution is 7.12. The zero-order chi connectivity index (χ0) is 13.0. The Morgan fingerprint density at radius 2 is 2.28 bits per heavy atom. The lowest BCUT2D eigenvalue weighted by molar-refractivity contribution is 0.107. The average molecular weight is 263 g/mol. The Morgan fingerprint density at radius 3 is 3.06 bits per heavy atom. The summed E-state index contributed by atoms with van der Waals surface area (Å²) in [5.41, 5.74) is 0. The van der Waals surface area contributed by atoms with E-state index in [2.05, 4.69) is 42.7 Å². The molecule has 18 heavy (non-hydrogen) atoms. The largest absolute Gasteiger partial charge is 0.384 e. The minimum atomic E-state index is -0.0616. The van der Waals surface area contributed by atoms with Crippen LogP contribution in [0.25, 0.3) is 0 Å². The molecule has 1 aromatic heterocycles. The number of hydrogen-bond acceptors (Lipinski definition) is 3. The summed E-state index contributed by atoms with van der Waals surface area (Å²) in [6.45, 7) is 6.87. The van der Waals surface area contributed by atoms with Gasteiger partial charge in [0.1, 0.15) is 6.61 Å². The molecule has 0 radical (unpaired) electrons. The highest BCUT2D eigenvalue weighted by Gasteiger charge is 2.24. The van der Waals surface area contributed by atoms with E-state index < -0.39 is 0 Å². The van der Waals surface area contributed by atoms with Crippen molar-refractivity contribution in [1.82, 2.24) is 4.90 Å². The summed E-state index contributed by atoms with van der Waals surface area (Å²) in [5.74, 6) is 6.47. The van der Waals surface area contributed by atoms with Crippen LogP contribution in [-0.4, -0.2) is 29.2 Å². The number of piperidine rings is 1. The second-order valence-corrected chi connectivity index (χ2v) is 6.22. The van der Waals surface area contributed by atoms with E-state index in [1.165, 1.54) is 24.3 Å². The molecule has 0 bridgehead atoms. The van der Waals surface area contributed by atoms with Crippen LogP contribution in [0.15, 0.2) is 12.1 Å². The summed E-state index contributed by atoms with van der Waals surface area (Å²) in [4.78, 5) is 5.00. The number of likely N-dealkylation sites (tertiary alicyclic amines) is 1. The van der Waals surface area contributed by atoms with Gasteiger partial charge in [-0.2, -0.15) is 0 Å². The number of aliphatic hydroxyl groups excluding tert-OH is 1. The zero-order valence-electron chi connectivity index (χ0n) is 11.1. The van der Waals surface area contributed by atoms with Crippen molar-refractivity contribution in [3.63, 3.8) is 0 Å². The van der Waals surface area contributed by atoms with E-state index >= 15 is 0 Å². The van der Waals surface area contributed by atoms with Crippen molar-refractivity contribution in [3.8, 4) is 11.8 Å². The topological polar surface area (TPSA) is 23.5 Å². The molecule has 2 heterocycles. The lowest BCUT2D eigenvalue weighted by Crippen LogP contribution is -2.41. The van der Waals surface area contributed by atoms with Crippen LogP contribution < -0.4 is 0 Å². The normalized spacial score (nSPS) is 24.6. The number of nitrogens with zero attached hydrogens (tertiary/aromatic N) is 1. The first-order chi connectivity index (χ1) is 8.70. The molecule has 0 saturated carbocycles. The van der Waals surface area contributed by atoms with E-state index in [1.54, 1.807) is 11.3 Å². The maximum absolute atomic E-state index is 8.68. The Bertz CT molecular complexity index is 443. The Balaban J connectivity index is 1.98. The Labute approximate surface area is 114 Å². The van der Waals surface area contributed by atoms with Gasteiger partial charge in [0, 0.05) is 17.5 Å². The molecular formula is C15H21NOS. The Hall–Kier alpha value is -0.820. The van der Waals surface area contributed by atoms with Crippen LogP contribution in [-0.2, 0) is 6.54 Å². The lowest BCUT2D eigenvalue weighted by Gasteiger charge is -2.37. The van der Waals surface area contributed by atoms with Crippen LogP contribution >= 0.6 is 11.3 Å². The molecule has 0 aliphatic carbocycles. The molecular weight excluding hydrogens is 242 g/mol. The predicted molar refractivity (Wildman–Crippen MR) is 76.6 cm³/mol. The minimum absolute atomic E-state index is 0.0616. The van der Waals surface area contributed by atoms with Crippen LogP contribution in [0.2, 0.25) is 0 Å². The summed E-state index contributed by atoms with van der Waals surface area (Å²) in [6.07, 6.45) is 2.67. The first-order valence-electron chi connectivity index (χ1n) is 6.63. The number of aliphatic hydroxyl groups is 1. The fraction of sp³-hybridized carbons (Fsp3) is 0.600. The van der Waals surface area contributed by atoms with Gasteiger partial charge in [0.2, 0.25) is 0 Å². The fourth-order valence-corrected chi connectivity index (χ4v) is 3.41. The summed E-state index contributed by atoms with van der Waals surface area (Å²) >= 11 is 1.74. The van der Waals surface area contributed by atoms with Gasteiger partial charge in [-0.05, 0) is 44.4 Å². The van der Waals surface area contributed by atoms with Gasteiger partial charge in [-0.3, -0.25) is 4.90 Å². The van der Waals surface area contributed by atoms with Crippen LogP contribution in [0.1, 0.15) is 36.4 Å². The van der Waals surface area contributed by atoms with Gasteiger partial charge in [0.25, 0.3) is 0 Å². The van der Waals surface area contributed by atoms with E-state index in [9.17, 15) is 0 Å². The highest BCUT2D eigenvalue weighted by atomic mass is 32.1. The third kappa shape index (κ3) is 3.35. The second-order valence-electron chi connectivity index (χ2n) is 5.06. The summed E-state index contributed by atoms with van der Waals surface area (Å²) in [7, 11) is 0. The molecule has 98 valence electrons. The van der Waals surface area contributed by atoms with Crippen LogP contribution in [0, 0.1) is 17.8 Å². The molecule has 2 nitrogen and oxygen atoms in total. The van der Waals surface area contributed by atoms with Crippen molar-refractivity contribution < 1.29 is 5.11 Å². The zero-order valence-corrected chi connectivity index (χ0v) is 12.0. The smallest absolute Gasteiger partial charge is 0.104 e. The standard InChI is InChI=1S/C15H21NOS/c1-12-5-3-9-16(13(12)2)11-15-8-7-14(18-15)6-4-10-17/h7-8,12-13,17H,3,5,9-11H2,1-2H3. The van der Waals surface area contributed by atoms with Crippen molar-refractivity contribution in [2.75, 3.05) is 13.2 Å². The van der Waals surface area contributed by atoms with Gasteiger partial charge < -0.3 is 5.11 Å². The number of rotatable bonds is 2. The fourth-order valence-electron chi connectivity index (χ4n) is 2.50. The molecule has 0 aromatic carbocycles. The minimum Gasteiger partial charge on any atom is -0.384 e. The molecule has 1 aliphatic rings. The maximum Gasteiger partial charge on any atom is 0.104 e. The predicted octanol–water partition coefficient (Wildman–Crippen LogP) is 2.71. The van der Waals surface area contributed by atoms with Gasteiger partial charge >= 0.3 is 0 Å². The van der Waals surface area contributed by atoms with E-state index in [0.717, 1.165) is 17.3 Å². The molecule has 0 spiro atoms. The third-order valence-corrected chi connectivity index (χ3v) is 4.80. The molecule has 1 fully saturated rings. The first kappa shape index (κ1) is 13.6. The molecule has 2 rings (SSSR count). The number of thiophene rings is 1. The summed E-state index contributed by atoms with van der Waals surface area (Å²) < 4.78 is 0. The first-order valence-corrected chi connectivity index (χ1v) is 7.45. The monoisotopic (exact) mass is 263 g/mol. The molecule has 1 N–H and O–H groups in total. The van der Waals surface area contributed by atoms with E-state index in [-0.39, 0.29) is 6.61 Å². The maximum atomic E-state index is 8.68. The quantitative estimate of drug-likeness (QED) is 0.829. The van der Waals surface area contributed by atoms with Gasteiger partial charge in [-0.15, -0.1) is 11.3 Å². The SMILES string of the molecule is CC1CCCN(Cc2ccc(C#CCO)s2)C1C. The van der Waals surface area contributed by atoms with Gasteiger partial charge in [0.05, 0.1) is 4.88 Å². The van der Waals surface area contributed by atoms with E-state index in [1.807, 2.05) is 0 Å². The van der Waals surface area contributed by atoms with Crippen LogP contribution in [0.4, 0.5) is 0 Å². The Morgan fingerprint density at radius 1 is 1.44 bits per heavy atom. The van der Waals surface area contributed by atoms with Gasteiger partial charge in [0.15, 0.2) is 0 Å². The molecule has 1 saturated heterocycles. The van der Waals surface area contributed by atoms with Crippen molar-refractivity contribution in [3.05, 3.63) is 21.9 Å². The van der Waals surface area contributed by atoms with E-state index in [4.69, 9.17) is 5.11 Å². The second kappa shape index (κ2) is 6.38. The molecule has 1 aromatic rings. The van der Waals surface area contributed by atoms with Crippen molar-refractivity contribution >= 4 is 11.3 Å². The lowest BCUT2D eigenvalue weighted by atomic mass is 9.92. The van der Waals surface area contributed by atoms with Crippen molar-refractivity contribution in [2.24, 2.45) is 5.92 Å². The molecule has 1 aliphatic heterocycles. The molecule has 2 unspecified atom stereocenters. The molecule has 3 heteroatoms. The molecule has 0 amide bonds. The van der Waals surface area contributed by atoms with Crippen LogP contribution in [0.5, 0.6) is 0 Å². The Kier molecular flexibility index (Phi) is 4.82. The highest BCUT2D eigenvalue weighted by Crippen LogP contribution is 2.26. The van der Waals surface area contributed by atoms with Gasteiger partial charge in [-0.25, -0.2) is 0 Å². The van der Waals surface area contributed by atoms with Crippen molar-refractivity contribution in [2.45, 2.75) is 39.3 Å². The average Bonchev–Trinajstić information content (AvgIpc) is 2.80. The van der Waals surface area contributed by atoms with Crippen molar-refractivity contribution in [1.29, 1.82) is 0 Å². The third-order valence-electron chi connectivity index (χ3n) is 3.82. The van der Waals surface area contributed by atoms with E-state index in [0.29, 0.717) is 6.04 Å². The summed E-state index contributed by atoms with van der Waals surface area (Å²) in [5, 5.41) is 8.68. The van der Waals surface area contributed by atoms with Crippen LogP contribution in [0.3, 0.4) is 0 Å². The molecule has 2 atom stereocenters. The number of hydrogen-bond donors (Lipinski definition) is 1. The summed E-state index contributed by atoms with van der Waals surface area (Å²) in [6, 6.07) is 4.89. The van der Waals surface area contributed by atoms with Gasteiger partial charge in [-0.1, -0.05) is 18.8 Å².